The van der Waals surface area contributed by atoms with Gasteiger partial charge in [-0.25, -0.2) is 0 Å². The molecule has 1 N–H and O–H groups in total. The first-order valence-electron chi connectivity index (χ1n) is 3.55. The summed E-state index contributed by atoms with van der Waals surface area (Å²) in [6.07, 6.45) is 0. The zero-order valence-electron chi connectivity index (χ0n) is 6.45. The van der Waals surface area contributed by atoms with Crippen molar-refractivity contribution in [3.8, 4) is 6.07 Å². The number of nitrogens with one attached hydrogen (secondary N) is 1. The maximum Gasteiger partial charge on any atom is 0.250 e. The van der Waals surface area contributed by atoms with Crippen LogP contribution in [0, 0.1) is 11.3 Å². The first-order valence-corrected chi connectivity index (χ1v) is 3.55. The van der Waals surface area contributed by atoms with E-state index in [1.807, 2.05) is 30.3 Å². The molecule has 0 heterocycles. The highest BCUT2D eigenvalue weighted by molar-refractivity contribution is 5.96. The van der Waals surface area contributed by atoms with Crippen LogP contribution in [0.3, 0.4) is 0 Å². The number of carbonyl (C=O) groups excluding carboxylic acids is 1. The molecule has 0 aromatic heterocycles. The standard InChI is InChI=1S/C9H8N2O/c10-6-9(12)7-11-8-4-2-1-3-5-8/h1-5,11H,7H2. The average molecular weight is 160 g/mol. The van der Waals surface area contributed by atoms with Gasteiger partial charge in [-0.05, 0) is 12.1 Å². The maximum absolute atomic E-state index is 10.6. The van der Waals surface area contributed by atoms with E-state index in [1.54, 1.807) is 0 Å². The van der Waals surface area contributed by atoms with Gasteiger partial charge < -0.3 is 5.32 Å². The van der Waals surface area contributed by atoms with Crippen LogP contribution in [-0.2, 0) is 4.79 Å². The van der Waals surface area contributed by atoms with Crippen molar-refractivity contribution in [1.29, 1.82) is 5.26 Å². The van der Waals surface area contributed by atoms with Crippen molar-refractivity contribution in [3.05, 3.63) is 30.3 Å². The second-order valence-corrected chi connectivity index (χ2v) is 2.25. The van der Waals surface area contributed by atoms with E-state index < -0.39 is 5.78 Å². The molecule has 0 bridgehead atoms. The van der Waals surface area contributed by atoms with Crippen LogP contribution in [0.1, 0.15) is 0 Å². The smallest absolute Gasteiger partial charge is 0.250 e. The minimum atomic E-state index is -0.459. The number of para-hydroxylation sites is 1. The summed E-state index contributed by atoms with van der Waals surface area (Å²) in [5, 5.41) is 11.0. The van der Waals surface area contributed by atoms with Gasteiger partial charge in [-0.2, -0.15) is 5.26 Å². The Kier molecular flexibility index (Phi) is 2.86. The van der Waals surface area contributed by atoms with Crippen LogP contribution < -0.4 is 5.32 Å². The molecular weight excluding hydrogens is 152 g/mol. The molecule has 1 aromatic rings. The molecule has 0 spiro atoms. The predicted octanol–water partition coefficient (Wildman–Crippen LogP) is 1.19. The van der Waals surface area contributed by atoms with Gasteiger partial charge in [-0.1, -0.05) is 18.2 Å². The molecule has 0 radical (unpaired) electrons. The van der Waals surface area contributed by atoms with Gasteiger partial charge in [-0.15, -0.1) is 0 Å². The lowest BCUT2D eigenvalue weighted by molar-refractivity contribution is -0.112. The summed E-state index contributed by atoms with van der Waals surface area (Å²) in [4.78, 5) is 10.6. The second kappa shape index (κ2) is 4.14. The summed E-state index contributed by atoms with van der Waals surface area (Å²) >= 11 is 0. The van der Waals surface area contributed by atoms with Crippen molar-refractivity contribution < 1.29 is 4.79 Å². The Morgan fingerprint density at radius 3 is 2.67 bits per heavy atom. The molecular formula is C9H8N2O. The Bertz CT molecular complexity index is 300. The van der Waals surface area contributed by atoms with Gasteiger partial charge in [0.1, 0.15) is 6.07 Å². The van der Waals surface area contributed by atoms with E-state index in [2.05, 4.69) is 5.32 Å². The Morgan fingerprint density at radius 1 is 1.42 bits per heavy atom. The number of Topliss-reactive ketones (excluding diaryl/α,β-unsaturated/α-hetero) is 1. The molecule has 0 aliphatic rings. The van der Waals surface area contributed by atoms with Crippen molar-refractivity contribution in [1.82, 2.24) is 0 Å². The Balaban J connectivity index is 2.45. The van der Waals surface area contributed by atoms with Crippen molar-refractivity contribution in [2.45, 2.75) is 0 Å². The molecule has 0 atom stereocenters. The highest BCUT2D eigenvalue weighted by atomic mass is 16.1. The normalized spacial score (nSPS) is 8.58. The van der Waals surface area contributed by atoms with Gasteiger partial charge in [0.2, 0.25) is 0 Å². The van der Waals surface area contributed by atoms with Crippen LogP contribution in [-0.4, -0.2) is 12.3 Å². The van der Waals surface area contributed by atoms with Crippen LogP contribution in [0.2, 0.25) is 0 Å². The lowest BCUT2D eigenvalue weighted by Crippen LogP contribution is -2.10. The van der Waals surface area contributed by atoms with Crippen LogP contribution in [0.4, 0.5) is 5.69 Å². The zero-order chi connectivity index (χ0) is 8.81. The third-order valence-corrected chi connectivity index (χ3v) is 1.35. The summed E-state index contributed by atoms with van der Waals surface area (Å²) < 4.78 is 0. The van der Waals surface area contributed by atoms with E-state index >= 15 is 0 Å². The topological polar surface area (TPSA) is 52.9 Å². The molecule has 1 aromatic carbocycles. The molecule has 12 heavy (non-hydrogen) atoms. The number of nitriles is 1. The van der Waals surface area contributed by atoms with E-state index in [-0.39, 0.29) is 6.54 Å². The van der Waals surface area contributed by atoms with Gasteiger partial charge in [0.15, 0.2) is 0 Å². The fraction of sp³-hybridized carbons (Fsp3) is 0.111. The maximum atomic E-state index is 10.6. The SMILES string of the molecule is N#CC(=O)CNc1ccccc1. The summed E-state index contributed by atoms with van der Waals surface area (Å²) in [7, 11) is 0. The quantitative estimate of drug-likeness (QED) is 0.676. The number of ketones is 1. The van der Waals surface area contributed by atoms with Crippen LogP contribution in [0.25, 0.3) is 0 Å². The van der Waals surface area contributed by atoms with E-state index in [4.69, 9.17) is 5.26 Å². The molecule has 0 saturated heterocycles. The molecule has 0 aliphatic carbocycles. The van der Waals surface area contributed by atoms with Gasteiger partial charge in [0, 0.05) is 5.69 Å². The summed E-state index contributed by atoms with van der Waals surface area (Å²) in [5.41, 5.74) is 0.848. The van der Waals surface area contributed by atoms with Gasteiger partial charge in [0.25, 0.3) is 5.78 Å². The third-order valence-electron chi connectivity index (χ3n) is 1.35. The first-order chi connectivity index (χ1) is 5.83. The average Bonchev–Trinajstić information content (AvgIpc) is 2.16. The third kappa shape index (κ3) is 2.43. The van der Waals surface area contributed by atoms with Gasteiger partial charge in [-0.3, -0.25) is 4.79 Å². The minimum absolute atomic E-state index is 0.0700. The lowest BCUT2D eigenvalue weighted by Gasteiger charge is -2.00. The molecule has 0 fully saturated rings. The largest absolute Gasteiger partial charge is 0.377 e. The number of anilines is 1. The lowest BCUT2D eigenvalue weighted by atomic mass is 10.3. The van der Waals surface area contributed by atoms with Crippen molar-refractivity contribution >= 4 is 11.5 Å². The molecule has 3 heteroatoms. The first kappa shape index (κ1) is 8.28. The Hall–Kier alpha value is -1.82. The Labute approximate surface area is 70.6 Å². The van der Waals surface area contributed by atoms with Crippen LogP contribution >= 0.6 is 0 Å². The summed E-state index contributed by atoms with van der Waals surface area (Å²) in [6.45, 7) is 0.0700. The van der Waals surface area contributed by atoms with E-state index in [0.717, 1.165) is 5.69 Å². The molecule has 0 saturated carbocycles. The number of carbonyl (C=O) groups is 1. The monoisotopic (exact) mass is 160 g/mol. The molecule has 60 valence electrons. The molecule has 0 unspecified atom stereocenters. The summed E-state index contributed by atoms with van der Waals surface area (Å²) in [6, 6.07) is 10.8. The zero-order valence-corrected chi connectivity index (χ0v) is 6.45. The number of hydrogen-bond donors (Lipinski definition) is 1. The Morgan fingerprint density at radius 2 is 2.08 bits per heavy atom. The minimum Gasteiger partial charge on any atom is -0.377 e. The highest BCUT2D eigenvalue weighted by Crippen LogP contribution is 2.03. The van der Waals surface area contributed by atoms with E-state index in [0.29, 0.717) is 0 Å². The molecule has 0 amide bonds. The van der Waals surface area contributed by atoms with Crippen LogP contribution in [0.15, 0.2) is 30.3 Å². The molecule has 0 aliphatic heterocycles. The number of rotatable bonds is 3. The van der Waals surface area contributed by atoms with Gasteiger partial charge >= 0.3 is 0 Å². The number of hydrogen-bond acceptors (Lipinski definition) is 3. The second-order valence-electron chi connectivity index (χ2n) is 2.25. The molecule has 3 nitrogen and oxygen atoms in total. The summed E-state index contributed by atoms with van der Waals surface area (Å²) in [5.74, 6) is -0.459. The number of benzene rings is 1. The fourth-order valence-electron chi connectivity index (χ4n) is 0.778. The van der Waals surface area contributed by atoms with Gasteiger partial charge in [0.05, 0.1) is 6.54 Å². The van der Waals surface area contributed by atoms with E-state index in [9.17, 15) is 4.79 Å². The highest BCUT2D eigenvalue weighted by Gasteiger charge is 1.96. The van der Waals surface area contributed by atoms with Crippen molar-refractivity contribution in [2.24, 2.45) is 0 Å². The number of nitrogens with zero attached hydrogens (tertiary/aromatic N) is 1. The van der Waals surface area contributed by atoms with E-state index in [1.165, 1.54) is 6.07 Å². The van der Waals surface area contributed by atoms with Crippen molar-refractivity contribution in [2.75, 3.05) is 11.9 Å². The van der Waals surface area contributed by atoms with Crippen molar-refractivity contribution in [3.63, 3.8) is 0 Å². The molecule has 1 rings (SSSR count). The van der Waals surface area contributed by atoms with Crippen LogP contribution in [0.5, 0.6) is 0 Å². The fourth-order valence-corrected chi connectivity index (χ4v) is 0.778. The predicted molar refractivity (Wildman–Crippen MR) is 45.6 cm³/mol.